The van der Waals surface area contributed by atoms with Crippen LogP contribution in [0, 0.1) is 6.92 Å². The van der Waals surface area contributed by atoms with E-state index in [9.17, 15) is 4.79 Å². The van der Waals surface area contributed by atoms with Crippen LogP contribution < -0.4 is 5.32 Å². The monoisotopic (exact) mass is 348 g/mol. The average molecular weight is 348 g/mol. The predicted molar refractivity (Wildman–Crippen MR) is 103 cm³/mol. The third-order valence-electron chi connectivity index (χ3n) is 5.18. The molecule has 0 bridgehead atoms. The molecule has 1 aromatic heterocycles. The highest BCUT2D eigenvalue weighted by Gasteiger charge is 2.24. The van der Waals surface area contributed by atoms with E-state index in [0.717, 1.165) is 24.1 Å². The number of carbonyl (C=O) groups is 1. The van der Waals surface area contributed by atoms with E-state index in [1.54, 1.807) is 6.33 Å². The Kier molecular flexibility index (Phi) is 4.71. The molecule has 1 amide bonds. The highest BCUT2D eigenvalue weighted by atomic mass is 16.1. The number of hydrogen-bond donors (Lipinski definition) is 2. The van der Waals surface area contributed by atoms with Gasteiger partial charge in [0, 0.05) is 12.1 Å². The molecule has 26 heavy (non-hydrogen) atoms. The summed E-state index contributed by atoms with van der Waals surface area (Å²) in [6.07, 6.45) is 4.10. The van der Waals surface area contributed by atoms with Gasteiger partial charge in [-0.15, -0.1) is 0 Å². The summed E-state index contributed by atoms with van der Waals surface area (Å²) >= 11 is 0. The van der Waals surface area contributed by atoms with Crippen molar-refractivity contribution in [2.24, 2.45) is 0 Å². The van der Waals surface area contributed by atoms with Crippen LogP contribution in [0.2, 0.25) is 0 Å². The van der Waals surface area contributed by atoms with Crippen LogP contribution in [0.3, 0.4) is 0 Å². The summed E-state index contributed by atoms with van der Waals surface area (Å²) in [7, 11) is 0. The number of imidazole rings is 1. The van der Waals surface area contributed by atoms with Gasteiger partial charge < -0.3 is 10.3 Å². The van der Waals surface area contributed by atoms with Gasteiger partial charge in [-0.3, -0.25) is 9.69 Å². The highest BCUT2D eigenvalue weighted by molar-refractivity contribution is 5.97. The van der Waals surface area contributed by atoms with Crippen molar-refractivity contribution in [1.29, 1.82) is 0 Å². The van der Waals surface area contributed by atoms with Crippen molar-refractivity contribution >= 4 is 16.9 Å². The van der Waals surface area contributed by atoms with Gasteiger partial charge in [-0.2, -0.15) is 0 Å². The van der Waals surface area contributed by atoms with E-state index in [2.05, 4.69) is 51.4 Å². The predicted octanol–water partition coefficient (Wildman–Crippen LogP) is 3.44. The van der Waals surface area contributed by atoms with E-state index in [-0.39, 0.29) is 11.9 Å². The maximum absolute atomic E-state index is 12.7. The van der Waals surface area contributed by atoms with Gasteiger partial charge in [0.05, 0.1) is 23.4 Å². The van der Waals surface area contributed by atoms with Gasteiger partial charge >= 0.3 is 0 Å². The summed E-state index contributed by atoms with van der Waals surface area (Å²) in [5, 5.41) is 3.13. The molecule has 0 saturated carbocycles. The Labute approximate surface area is 153 Å². The van der Waals surface area contributed by atoms with Crippen molar-refractivity contribution in [2.75, 3.05) is 19.6 Å². The minimum atomic E-state index is -0.0437. The molecule has 2 N–H and O–H groups in total. The van der Waals surface area contributed by atoms with Gasteiger partial charge in [-0.05, 0) is 56.6 Å². The number of likely N-dealkylation sites (tertiary alicyclic amines) is 1. The molecule has 1 saturated heterocycles. The number of fused-ring (bicyclic) bond motifs is 1. The lowest BCUT2D eigenvalue weighted by Crippen LogP contribution is -2.36. The quantitative estimate of drug-likeness (QED) is 0.742. The molecule has 1 aliphatic rings. The van der Waals surface area contributed by atoms with Crippen molar-refractivity contribution in [1.82, 2.24) is 20.2 Å². The fourth-order valence-corrected chi connectivity index (χ4v) is 3.67. The van der Waals surface area contributed by atoms with Crippen LogP contribution in [0.1, 0.15) is 40.4 Å². The van der Waals surface area contributed by atoms with Crippen LogP contribution in [0.25, 0.3) is 11.0 Å². The third-order valence-corrected chi connectivity index (χ3v) is 5.18. The zero-order valence-corrected chi connectivity index (χ0v) is 15.0. The van der Waals surface area contributed by atoms with Crippen LogP contribution in [-0.2, 0) is 0 Å². The van der Waals surface area contributed by atoms with E-state index in [4.69, 9.17) is 0 Å². The van der Waals surface area contributed by atoms with Crippen molar-refractivity contribution < 1.29 is 4.79 Å². The second-order valence-electron chi connectivity index (χ2n) is 7.01. The van der Waals surface area contributed by atoms with Crippen LogP contribution in [-0.4, -0.2) is 40.4 Å². The summed E-state index contributed by atoms with van der Waals surface area (Å²) in [5.74, 6) is -0.0437. The maximum atomic E-state index is 12.7. The molecule has 1 fully saturated rings. The van der Waals surface area contributed by atoms with E-state index < -0.39 is 0 Å². The zero-order chi connectivity index (χ0) is 17.9. The average Bonchev–Trinajstić information content (AvgIpc) is 3.34. The number of H-pyrrole nitrogens is 1. The van der Waals surface area contributed by atoms with Crippen LogP contribution >= 0.6 is 0 Å². The third kappa shape index (κ3) is 3.48. The second-order valence-corrected chi connectivity index (χ2v) is 7.01. The summed E-state index contributed by atoms with van der Waals surface area (Å²) in [6.45, 7) is 4.90. The number of nitrogens with zero attached hydrogens (tertiary/aromatic N) is 2. The molecule has 0 aliphatic carbocycles. The molecule has 3 aromatic rings. The Balaban J connectivity index is 1.49. The summed E-state index contributed by atoms with van der Waals surface area (Å²) in [4.78, 5) is 22.4. The maximum Gasteiger partial charge on any atom is 0.251 e. The van der Waals surface area contributed by atoms with Crippen molar-refractivity contribution in [3.05, 3.63) is 65.5 Å². The van der Waals surface area contributed by atoms with Crippen molar-refractivity contribution in [3.8, 4) is 0 Å². The van der Waals surface area contributed by atoms with Gasteiger partial charge in [0.2, 0.25) is 0 Å². The van der Waals surface area contributed by atoms with Gasteiger partial charge in [0.1, 0.15) is 0 Å². The Morgan fingerprint density at radius 1 is 1.19 bits per heavy atom. The lowest BCUT2D eigenvalue weighted by Gasteiger charge is -2.28. The molecule has 1 aliphatic heterocycles. The van der Waals surface area contributed by atoms with E-state index in [1.165, 1.54) is 24.0 Å². The van der Waals surface area contributed by atoms with E-state index in [1.807, 2.05) is 18.2 Å². The number of benzene rings is 2. The fourth-order valence-electron chi connectivity index (χ4n) is 3.67. The number of nitrogens with one attached hydrogen (secondary N) is 2. The first-order valence-electron chi connectivity index (χ1n) is 9.23. The lowest BCUT2D eigenvalue weighted by molar-refractivity contribution is 0.0938. The fraction of sp³-hybridized carbons (Fsp3) is 0.333. The number of carbonyl (C=O) groups excluding carboxylic acids is 1. The molecule has 0 radical (unpaired) electrons. The highest BCUT2D eigenvalue weighted by Crippen LogP contribution is 2.25. The lowest BCUT2D eigenvalue weighted by atomic mass is 10.0. The zero-order valence-electron chi connectivity index (χ0n) is 15.0. The smallest absolute Gasteiger partial charge is 0.251 e. The number of rotatable bonds is 5. The standard InChI is InChI=1S/C21H24N4O/c1-15-4-6-16(7-5-15)20(25-10-2-3-11-25)13-22-21(26)17-8-9-18-19(12-17)24-14-23-18/h4-9,12,14,20H,2-3,10-11,13H2,1H3,(H,22,26)(H,23,24). The van der Waals surface area contributed by atoms with Crippen LogP contribution in [0.5, 0.6) is 0 Å². The Bertz CT molecular complexity index is 894. The Hall–Kier alpha value is -2.66. The molecule has 5 heteroatoms. The van der Waals surface area contributed by atoms with Gasteiger partial charge in [-0.1, -0.05) is 29.8 Å². The largest absolute Gasteiger partial charge is 0.350 e. The van der Waals surface area contributed by atoms with Crippen molar-refractivity contribution in [3.63, 3.8) is 0 Å². The minimum absolute atomic E-state index is 0.0437. The Morgan fingerprint density at radius 3 is 2.73 bits per heavy atom. The number of aromatic nitrogens is 2. The van der Waals surface area contributed by atoms with E-state index >= 15 is 0 Å². The first kappa shape index (κ1) is 16.8. The molecule has 0 spiro atoms. The number of aryl methyl sites for hydroxylation is 1. The minimum Gasteiger partial charge on any atom is -0.350 e. The van der Waals surface area contributed by atoms with Crippen LogP contribution in [0.4, 0.5) is 0 Å². The molecule has 2 heterocycles. The first-order valence-corrected chi connectivity index (χ1v) is 9.23. The number of amides is 1. The van der Waals surface area contributed by atoms with Crippen molar-refractivity contribution in [2.45, 2.75) is 25.8 Å². The molecule has 4 rings (SSSR count). The SMILES string of the molecule is Cc1ccc(C(CNC(=O)c2ccc3nc[nH]c3c2)N2CCCC2)cc1. The molecular weight excluding hydrogens is 324 g/mol. The summed E-state index contributed by atoms with van der Waals surface area (Å²) in [5.41, 5.74) is 4.93. The summed E-state index contributed by atoms with van der Waals surface area (Å²) < 4.78 is 0. The molecule has 134 valence electrons. The Morgan fingerprint density at radius 2 is 1.96 bits per heavy atom. The summed E-state index contributed by atoms with van der Waals surface area (Å²) in [6, 6.07) is 14.4. The normalized spacial score (nSPS) is 16.0. The molecule has 2 aromatic carbocycles. The second kappa shape index (κ2) is 7.30. The van der Waals surface area contributed by atoms with Crippen LogP contribution in [0.15, 0.2) is 48.8 Å². The molecule has 5 nitrogen and oxygen atoms in total. The topological polar surface area (TPSA) is 61.0 Å². The molecule has 1 unspecified atom stereocenters. The number of hydrogen-bond acceptors (Lipinski definition) is 3. The van der Waals surface area contributed by atoms with E-state index in [0.29, 0.717) is 12.1 Å². The molecule has 1 atom stereocenters. The first-order chi connectivity index (χ1) is 12.7. The van der Waals surface area contributed by atoms with Gasteiger partial charge in [-0.25, -0.2) is 4.98 Å². The van der Waals surface area contributed by atoms with Gasteiger partial charge in [0.15, 0.2) is 0 Å². The van der Waals surface area contributed by atoms with Gasteiger partial charge in [0.25, 0.3) is 5.91 Å². The molecular formula is C21H24N4O. The number of aromatic amines is 1.